The minimum Gasteiger partial charge on any atom is -0.364 e. The summed E-state index contributed by atoms with van der Waals surface area (Å²) in [6.07, 6.45) is -0.580. The second-order valence-corrected chi connectivity index (χ2v) is 7.07. The first-order chi connectivity index (χ1) is 12.5. The molecule has 2 aliphatic rings. The monoisotopic (exact) mass is 382 g/mol. The number of likely N-dealkylation sites (N-methyl/N-ethyl adjacent to an activating group) is 1. The lowest BCUT2D eigenvalue weighted by Gasteiger charge is -2.45. The summed E-state index contributed by atoms with van der Waals surface area (Å²) in [4.78, 5) is 49.0. The van der Waals surface area contributed by atoms with Gasteiger partial charge < -0.3 is 20.9 Å². The Morgan fingerprint density at radius 2 is 1.81 bits per heavy atom. The highest BCUT2D eigenvalue weighted by molar-refractivity contribution is 6.44. The molecular formula is C17H20F2N4O4. The van der Waals surface area contributed by atoms with Crippen molar-refractivity contribution in [2.75, 3.05) is 7.05 Å². The molecule has 1 fully saturated rings. The molecule has 1 aromatic rings. The van der Waals surface area contributed by atoms with Crippen LogP contribution in [-0.4, -0.2) is 46.6 Å². The van der Waals surface area contributed by atoms with Crippen LogP contribution >= 0.6 is 0 Å². The predicted molar refractivity (Wildman–Crippen MR) is 89.5 cm³/mol. The van der Waals surface area contributed by atoms with Crippen molar-refractivity contribution in [1.82, 2.24) is 15.2 Å². The van der Waals surface area contributed by atoms with E-state index in [0.29, 0.717) is 25.1 Å². The van der Waals surface area contributed by atoms with Gasteiger partial charge in [-0.3, -0.25) is 19.2 Å². The molecule has 0 aromatic carbocycles. The summed E-state index contributed by atoms with van der Waals surface area (Å²) in [7, 11) is 1.26. The zero-order valence-corrected chi connectivity index (χ0v) is 14.9. The Bertz CT molecular complexity index is 867. The molecule has 0 saturated heterocycles. The largest absolute Gasteiger partial charge is 0.364 e. The van der Waals surface area contributed by atoms with Crippen molar-refractivity contribution in [3.8, 4) is 0 Å². The van der Waals surface area contributed by atoms with Crippen molar-refractivity contribution in [1.29, 1.82) is 0 Å². The first kappa shape index (κ1) is 19.0. The van der Waals surface area contributed by atoms with Gasteiger partial charge in [0.05, 0.1) is 5.56 Å². The van der Waals surface area contributed by atoms with E-state index in [1.165, 1.54) is 14.0 Å². The van der Waals surface area contributed by atoms with Gasteiger partial charge in [-0.25, -0.2) is 8.78 Å². The summed E-state index contributed by atoms with van der Waals surface area (Å²) in [5.41, 5.74) is 4.58. The average molecular weight is 382 g/mol. The van der Waals surface area contributed by atoms with Gasteiger partial charge in [0, 0.05) is 32.1 Å². The summed E-state index contributed by atoms with van der Waals surface area (Å²) in [6.45, 7) is 2.01. The molecule has 0 atom stereocenters. The number of aromatic nitrogens is 1. The summed E-state index contributed by atoms with van der Waals surface area (Å²) >= 11 is 0. The minimum absolute atomic E-state index is 0.0527. The first-order valence-corrected chi connectivity index (χ1v) is 8.51. The smallest absolute Gasteiger partial charge is 0.293 e. The number of Topliss-reactive ketones (excluding diaryl/α,β-unsaturated/α-hetero) is 1. The van der Waals surface area contributed by atoms with Crippen molar-refractivity contribution in [3.05, 3.63) is 22.5 Å². The van der Waals surface area contributed by atoms with E-state index in [9.17, 15) is 28.0 Å². The van der Waals surface area contributed by atoms with Gasteiger partial charge in [0.1, 0.15) is 11.2 Å². The zero-order valence-electron chi connectivity index (χ0n) is 14.9. The fraction of sp³-hybridized carbons (Fsp3) is 0.529. The highest BCUT2D eigenvalue weighted by atomic mass is 19.3. The number of primary amides is 1. The Balaban J connectivity index is 1.91. The molecule has 8 nitrogen and oxygen atoms in total. The Morgan fingerprint density at radius 3 is 2.33 bits per heavy atom. The summed E-state index contributed by atoms with van der Waals surface area (Å²) in [5, 5.41) is 4.42. The number of hydrogen-bond acceptors (Lipinski definition) is 4. The molecule has 1 aliphatic carbocycles. The highest BCUT2D eigenvalue weighted by Gasteiger charge is 2.62. The lowest BCUT2D eigenvalue weighted by molar-refractivity contribution is -0.164. The summed E-state index contributed by atoms with van der Waals surface area (Å²) in [6, 6.07) is 0. The number of hydrogen-bond donors (Lipinski definition) is 3. The lowest BCUT2D eigenvalue weighted by atomic mass is 9.72. The van der Waals surface area contributed by atoms with E-state index in [-0.39, 0.29) is 16.8 Å². The van der Waals surface area contributed by atoms with E-state index in [4.69, 9.17) is 5.73 Å². The number of carbonyl (C=O) groups is 4. The molecule has 1 saturated carbocycles. The minimum atomic E-state index is -3.09. The summed E-state index contributed by atoms with van der Waals surface area (Å²) in [5.74, 6) is -6.71. The van der Waals surface area contributed by atoms with Gasteiger partial charge in [0.2, 0.25) is 5.91 Å². The number of nitrogens with one attached hydrogen (secondary N) is 2. The van der Waals surface area contributed by atoms with Gasteiger partial charge in [-0.1, -0.05) is 0 Å². The molecule has 10 heteroatoms. The van der Waals surface area contributed by atoms with Crippen LogP contribution in [-0.2, 0) is 22.6 Å². The van der Waals surface area contributed by atoms with Gasteiger partial charge in [-0.05, 0) is 25.3 Å². The molecule has 3 amide bonds. The maximum atomic E-state index is 13.4. The SMILES string of the molecule is CNC(=O)C1(NC(=O)C(=O)c2c(C)c(C(N)=O)n3c2CCC3)CC(F)(F)C1. The maximum absolute atomic E-state index is 13.4. The van der Waals surface area contributed by atoms with Gasteiger partial charge in [0.25, 0.3) is 23.5 Å². The molecule has 3 rings (SSSR count). The molecule has 0 unspecified atom stereocenters. The van der Waals surface area contributed by atoms with Gasteiger partial charge in [-0.2, -0.15) is 0 Å². The van der Waals surface area contributed by atoms with Crippen molar-refractivity contribution < 1.29 is 28.0 Å². The van der Waals surface area contributed by atoms with E-state index >= 15 is 0 Å². The number of nitrogens with zero attached hydrogens (tertiary/aromatic N) is 1. The third-order valence-electron chi connectivity index (χ3n) is 5.21. The average Bonchev–Trinajstić information content (AvgIpc) is 3.10. The van der Waals surface area contributed by atoms with E-state index in [2.05, 4.69) is 10.6 Å². The van der Waals surface area contributed by atoms with E-state index in [1.807, 2.05) is 0 Å². The van der Waals surface area contributed by atoms with Gasteiger partial charge in [-0.15, -0.1) is 0 Å². The maximum Gasteiger partial charge on any atom is 0.293 e. The van der Waals surface area contributed by atoms with Crippen LogP contribution < -0.4 is 16.4 Å². The molecule has 1 aliphatic heterocycles. The normalized spacial score (nSPS) is 19.0. The van der Waals surface area contributed by atoms with Crippen LogP contribution in [0.25, 0.3) is 0 Å². The predicted octanol–water partition coefficient (Wildman–Crippen LogP) is 0.0544. The third kappa shape index (κ3) is 2.88. The fourth-order valence-electron chi connectivity index (χ4n) is 4.10. The molecule has 0 radical (unpaired) electrons. The number of nitrogens with two attached hydrogens (primary N) is 1. The first-order valence-electron chi connectivity index (χ1n) is 8.51. The summed E-state index contributed by atoms with van der Waals surface area (Å²) < 4.78 is 28.4. The van der Waals surface area contributed by atoms with Crippen LogP contribution in [0.4, 0.5) is 8.78 Å². The molecule has 0 spiro atoms. The van der Waals surface area contributed by atoms with Crippen molar-refractivity contribution in [3.63, 3.8) is 0 Å². The van der Waals surface area contributed by atoms with Crippen molar-refractivity contribution in [2.45, 2.75) is 50.6 Å². The number of ketones is 1. The fourth-order valence-corrected chi connectivity index (χ4v) is 4.10. The molecule has 0 bridgehead atoms. The highest BCUT2D eigenvalue weighted by Crippen LogP contribution is 2.45. The van der Waals surface area contributed by atoms with Crippen LogP contribution in [0.2, 0.25) is 0 Å². The molecule has 146 valence electrons. The molecule has 4 N–H and O–H groups in total. The van der Waals surface area contributed by atoms with Gasteiger partial charge in [0.15, 0.2) is 0 Å². The number of amides is 3. The Morgan fingerprint density at radius 1 is 1.19 bits per heavy atom. The van der Waals surface area contributed by atoms with Gasteiger partial charge >= 0.3 is 0 Å². The van der Waals surface area contributed by atoms with Crippen LogP contribution in [0.3, 0.4) is 0 Å². The van der Waals surface area contributed by atoms with Crippen molar-refractivity contribution in [2.24, 2.45) is 5.73 Å². The van der Waals surface area contributed by atoms with E-state index in [0.717, 1.165) is 0 Å². The Hall–Kier alpha value is -2.78. The number of rotatable bonds is 5. The number of halogens is 2. The van der Waals surface area contributed by atoms with Crippen LogP contribution in [0.5, 0.6) is 0 Å². The van der Waals surface area contributed by atoms with Crippen molar-refractivity contribution >= 4 is 23.5 Å². The van der Waals surface area contributed by atoms with E-state index < -0.39 is 47.8 Å². The number of alkyl halides is 2. The molecular weight excluding hydrogens is 362 g/mol. The molecule has 2 heterocycles. The van der Waals surface area contributed by atoms with E-state index in [1.54, 1.807) is 4.57 Å². The number of fused-ring (bicyclic) bond motifs is 1. The topological polar surface area (TPSA) is 123 Å². The standard InChI is InChI=1S/C17H20F2N4O4/c1-8-10(9-4-3-5-23(9)11(8)13(20)25)12(24)14(26)22-16(15(27)21-2)6-17(18,19)7-16/h3-7H2,1-2H3,(H2,20,25)(H,21,27)(H,22,26). The zero-order chi connectivity index (χ0) is 20.1. The molecule has 27 heavy (non-hydrogen) atoms. The molecule has 1 aromatic heterocycles. The second-order valence-electron chi connectivity index (χ2n) is 7.07. The van der Waals surface area contributed by atoms with Crippen LogP contribution in [0, 0.1) is 6.92 Å². The number of carbonyl (C=O) groups excluding carboxylic acids is 4. The van der Waals surface area contributed by atoms with Crippen LogP contribution in [0.1, 0.15) is 51.4 Å². The lowest BCUT2D eigenvalue weighted by Crippen LogP contribution is -2.69. The van der Waals surface area contributed by atoms with Crippen LogP contribution in [0.15, 0.2) is 0 Å². The quantitative estimate of drug-likeness (QED) is 0.492. The Labute approximate surface area is 153 Å². The Kier molecular flexibility index (Phi) is 4.32. The second kappa shape index (κ2) is 6.14. The third-order valence-corrected chi connectivity index (χ3v) is 5.21.